The van der Waals surface area contributed by atoms with Crippen LogP contribution in [0.1, 0.15) is 18.4 Å². The molecule has 5 heteroatoms. The topological polar surface area (TPSA) is 54.7 Å². The molecule has 0 atom stereocenters. The number of nitrogens with zero attached hydrogens (tertiary/aromatic N) is 1. The molecule has 1 aliphatic rings. The number of nitrogens with one attached hydrogen (secondary N) is 1. The van der Waals surface area contributed by atoms with Crippen molar-refractivity contribution in [1.82, 2.24) is 4.90 Å². The third-order valence-corrected chi connectivity index (χ3v) is 5.15. The summed E-state index contributed by atoms with van der Waals surface area (Å²) in [5.41, 5.74) is 2.41. The van der Waals surface area contributed by atoms with Crippen molar-refractivity contribution in [3.8, 4) is 5.75 Å². The van der Waals surface area contributed by atoms with Crippen LogP contribution in [0.4, 0.5) is 5.69 Å². The molecule has 0 bridgehead atoms. The van der Waals surface area contributed by atoms with E-state index in [1.165, 1.54) is 11.6 Å². The van der Waals surface area contributed by atoms with Gasteiger partial charge >= 0.3 is 5.63 Å². The maximum atomic E-state index is 11.9. The Hall–Kier alpha value is -2.79. The van der Waals surface area contributed by atoms with Gasteiger partial charge in [-0.2, -0.15) is 0 Å². The Labute approximate surface area is 158 Å². The molecule has 0 unspecified atom stereocenters. The van der Waals surface area contributed by atoms with Crippen molar-refractivity contribution in [2.45, 2.75) is 25.4 Å². The molecule has 0 radical (unpaired) electrons. The highest BCUT2D eigenvalue weighted by atomic mass is 16.5. The lowest BCUT2D eigenvalue weighted by Gasteiger charge is -2.33. The average Bonchev–Trinajstić information content (AvgIpc) is 2.70. The third-order valence-electron chi connectivity index (χ3n) is 5.15. The van der Waals surface area contributed by atoms with Crippen molar-refractivity contribution in [2.75, 3.05) is 25.5 Å². The zero-order valence-corrected chi connectivity index (χ0v) is 15.5. The van der Waals surface area contributed by atoms with Gasteiger partial charge in [-0.05, 0) is 36.6 Å². The van der Waals surface area contributed by atoms with Crippen molar-refractivity contribution in [2.24, 2.45) is 0 Å². The highest BCUT2D eigenvalue weighted by molar-refractivity contribution is 5.90. The summed E-state index contributed by atoms with van der Waals surface area (Å²) in [5, 5.41) is 4.43. The molecule has 3 aromatic rings. The summed E-state index contributed by atoms with van der Waals surface area (Å²) in [6, 6.07) is 17.9. The summed E-state index contributed by atoms with van der Waals surface area (Å²) >= 11 is 0. The fourth-order valence-electron chi connectivity index (χ4n) is 3.69. The van der Waals surface area contributed by atoms with Crippen LogP contribution in [0.25, 0.3) is 11.0 Å². The quantitative estimate of drug-likeness (QED) is 0.697. The van der Waals surface area contributed by atoms with E-state index in [4.69, 9.17) is 9.15 Å². The van der Waals surface area contributed by atoms with E-state index in [1.54, 1.807) is 19.2 Å². The zero-order chi connectivity index (χ0) is 18.6. The average molecular weight is 364 g/mol. The van der Waals surface area contributed by atoms with E-state index < -0.39 is 0 Å². The molecule has 2 aromatic carbocycles. The first-order valence-corrected chi connectivity index (χ1v) is 9.36. The van der Waals surface area contributed by atoms with E-state index in [0.29, 0.717) is 11.6 Å². The van der Waals surface area contributed by atoms with Gasteiger partial charge in [-0.15, -0.1) is 0 Å². The Morgan fingerprint density at radius 1 is 1.11 bits per heavy atom. The summed E-state index contributed by atoms with van der Waals surface area (Å²) in [6.45, 7) is 3.06. The van der Waals surface area contributed by atoms with Crippen molar-refractivity contribution in [3.05, 3.63) is 70.6 Å². The smallest absolute Gasteiger partial charge is 0.338 e. The highest BCUT2D eigenvalue weighted by Crippen LogP contribution is 2.28. The van der Waals surface area contributed by atoms with Crippen LogP contribution in [-0.4, -0.2) is 31.1 Å². The van der Waals surface area contributed by atoms with Gasteiger partial charge in [0.25, 0.3) is 0 Å². The van der Waals surface area contributed by atoms with Crippen LogP contribution >= 0.6 is 0 Å². The van der Waals surface area contributed by atoms with Gasteiger partial charge in [0.1, 0.15) is 11.3 Å². The summed E-state index contributed by atoms with van der Waals surface area (Å²) in [4.78, 5) is 14.4. The second-order valence-electron chi connectivity index (χ2n) is 7.02. The predicted octanol–water partition coefficient (Wildman–Crippen LogP) is 3.88. The van der Waals surface area contributed by atoms with Crippen molar-refractivity contribution in [1.29, 1.82) is 0 Å². The van der Waals surface area contributed by atoms with Crippen LogP contribution in [0.15, 0.2) is 63.8 Å². The van der Waals surface area contributed by atoms with E-state index in [9.17, 15) is 4.79 Å². The van der Waals surface area contributed by atoms with Gasteiger partial charge in [0, 0.05) is 37.1 Å². The molecule has 1 saturated heterocycles. The normalized spacial score (nSPS) is 15.7. The summed E-state index contributed by atoms with van der Waals surface area (Å²) in [7, 11) is 1.63. The molecule has 1 fully saturated rings. The Morgan fingerprint density at radius 2 is 1.89 bits per heavy atom. The number of piperidine rings is 1. The fourth-order valence-corrected chi connectivity index (χ4v) is 3.69. The van der Waals surface area contributed by atoms with Gasteiger partial charge in [-0.1, -0.05) is 30.3 Å². The molecule has 4 rings (SSSR count). The molecule has 1 aliphatic heterocycles. The first kappa shape index (κ1) is 17.6. The van der Waals surface area contributed by atoms with Gasteiger partial charge in [-0.3, -0.25) is 4.90 Å². The van der Waals surface area contributed by atoms with Gasteiger partial charge in [0.05, 0.1) is 12.8 Å². The van der Waals surface area contributed by atoms with Gasteiger partial charge in [0.15, 0.2) is 0 Å². The molecule has 1 N–H and O–H groups in total. The molecular formula is C22H24N2O3. The zero-order valence-electron chi connectivity index (χ0n) is 15.5. The number of hydrogen-bond donors (Lipinski definition) is 1. The van der Waals surface area contributed by atoms with Crippen molar-refractivity contribution >= 4 is 16.7 Å². The maximum Gasteiger partial charge on any atom is 0.338 e. The molecule has 0 saturated carbocycles. The number of fused-ring (bicyclic) bond motifs is 1. The van der Waals surface area contributed by atoms with Crippen LogP contribution < -0.4 is 15.7 Å². The number of anilines is 1. The lowest BCUT2D eigenvalue weighted by Crippen LogP contribution is -2.38. The minimum Gasteiger partial charge on any atom is -0.497 e. The molecule has 0 aliphatic carbocycles. The SMILES string of the molecule is COc1ccc2oc(=O)cc(NC3CCN(Cc4ccccc4)CC3)c2c1. The molecule has 2 heterocycles. The van der Waals surface area contributed by atoms with E-state index in [2.05, 4.69) is 40.5 Å². The molecule has 1 aromatic heterocycles. The Kier molecular flexibility index (Phi) is 5.12. The van der Waals surface area contributed by atoms with Gasteiger partial charge in [-0.25, -0.2) is 4.79 Å². The van der Waals surface area contributed by atoms with Crippen LogP contribution in [0.2, 0.25) is 0 Å². The Bertz CT molecular complexity index is 960. The van der Waals surface area contributed by atoms with Crippen molar-refractivity contribution < 1.29 is 9.15 Å². The third kappa shape index (κ3) is 4.14. The molecule has 140 valence electrons. The first-order chi connectivity index (χ1) is 13.2. The second kappa shape index (κ2) is 7.84. The summed E-state index contributed by atoms with van der Waals surface area (Å²) in [6.07, 6.45) is 2.08. The Balaban J connectivity index is 1.45. The predicted molar refractivity (Wildman–Crippen MR) is 107 cm³/mol. The molecule has 5 nitrogen and oxygen atoms in total. The number of ether oxygens (including phenoxy) is 1. The molecule has 0 amide bonds. The van der Waals surface area contributed by atoms with Crippen molar-refractivity contribution in [3.63, 3.8) is 0 Å². The molecule has 0 spiro atoms. The van der Waals surface area contributed by atoms with E-state index >= 15 is 0 Å². The van der Waals surface area contributed by atoms with Gasteiger partial charge in [0.2, 0.25) is 0 Å². The standard InChI is InChI=1S/C22H24N2O3/c1-26-18-7-8-21-19(13-18)20(14-22(25)27-21)23-17-9-11-24(12-10-17)15-16-5-3-2-4-6-16/h2-8,13-14,17,23H,9-12,15H2,1H3. The largest absolute Gasteiger partial charge is 0.497 e. The number of methoxy groups -OCH3 is 1. The lowest BCUT2D eigenvalue weighted by atomic mass is 10.0. The monoisotopic (exact) mass is 364 g/mol. The highest BCUT2D eigenvalue weighted by Gasteiger charge is 2.20. The molecular weight excluding hydrogens is 340 g/mol. The minimum absolute atomic E-state index is 0.336. The summed E-state index contributed by atoms with van der Waals surface area (Å²) < 4.78 is 10.6. The number of hydrogen-bond acceptors (Lipinski definition) is 5. The van der Waals surface area contributed by atoms with Crippen LogP contribution in [0.5, 0.6) is 5.75 Å². The lowest BCUT2D eigenvalue weighted by molar-refractivity contribution is 0.211. The van der Waals surface area contributed by atoms with Gasteiger partial charge < -0.3 is 14.5 Å². The second-order valence-corrected chi connectivity index (χ2v) is 7.02. The Morgan fingerprint density at radius 3 is 2.63 bits per heavy atom. The van der Waals surface area contributed by atoms with E-state index in [0.717, 1.165) is 49.3 Å². The minimum atomic E-state index is -0.336. The number of benzene rings is 2. The van der Waals surface area contributed by atoms with Crippen LogP contribution in [-0.2, 0) is 6.54 Å². The number of rotatable bonds is 5. The van der Waals surface area contributed by atoms with Crippen LogP contribution in [0, 0.1) is 0 Å². The fraction of sp³-hybridized carbons (Fsp3) is 0.318. The summed E-state index contributed by atoms with van der Waals surface area (Å²) in [5.74, 6) is 0.747. The first-order valence-electron chi connectivity index (χ1n) is 9.36. The van der Waals surface area contributed by atoms with Crippen LogP contribution in [0.3, 0.4) is 0 Å². The maximum absolute atomic E-state index is 11.9. The van der Waals surface area contributed by atoms with E-state index in [-0.39, 0.29) is 5.63 Å². The van der Waals surface area contributed by atoms with E-state index in [1.807, 2.05) is 6.07 Å². The number of likely N-dealkylation sites (tertiary alicyclic amines) is 1. The molecule has 27 heavy (non-hydrogen) atoms.